The third-order valence-electron chi connectivity index (χ3n) is 4.37. The van der Waals surface area contributed by atoms with Crippen LogP contribution in [0.15, 0.2) is 60.7 Å². The van der Waals surface area contributed by atoms with Gasteiger partial charge in [0.2, 0.25) is 0 Å². The van der Waals surface area contributed by atoms with Crippen LogP contribution in [0.25, 0.3) is 0 Å². The zero-order valence-corrected chi connectivity index (χ0v) is 12.6. The Hall–Kier alpha value is -1.33. The molecule has 20 heavy (non-hydrogen) atoms. The van der Waals surface area contributed by atoms with Crippen LogP contribution in [0.2, 0.25) is 0 Å². The highest BCUT2D eigenvalue weighted by Crippen LogP contribution is 2.53. The van der Waals surface area contributed by atoms with Crippen molar-refractivity contribution < 1.29 is 4.57 Å². The summed E-state index contributed by atoms with van der Waals surface area (Å²) in [5.74, 6) is 0. The largest absolute Gasteiger partial charge is 0.313 e. The molecule has 0 N–H and O–H groups in total. The van der Waals surface area contributed by atoms with Gasteiger partial charge in [-0.15, -0.1) is 0 Å². The van der Waals surface area contributed by atoms with E-state index in [1.165, 1.54) is 19.3 Å². The first-order valence-electron chi connectivity index (χ1n) is 7.53. The SMILES string of the molecule is O=P(c1ccccc1)(c1ccccc1)C1CCCCC1. The normalized spacial score (nSPS) is 17.0. The van der Waals surface area contributed by atoms with E-state index in [0.717, 1.165) is 23.5 Å². The molecule has 0 amide bonds. The Morgan fingerprint density at radius 3 is 1.60 bits per heavy atom. The molecule has 1 aliphatic carbocycles. The first kappa shape index (κ1) is 13.6. The van der Waals surface area contributed by atoms with Crippen molar-refractivity contribution in [3.8, 4) is 0 Å². The second-order valence-corrected chi connectivity index (χ2v) is 8.70. The number of rotatable bonds is 3. The van der Waals surface area contributed by atoms with Gasteiger partial charge in [0.25, 0.3) is 0 Å². The Labute approximate surface area is 121 Å². The van der Waals surface area contributed by atoms with E-state index in [4.69, 9.17) is 0 Å². The standard InChI is InChI=1S/C18H21OP/c19-20(16-10-4-1-5-11-16,17-12-6-2-7-13-17)18-14-8-3-9-15-18/h1-2,4-7,10-13,18H,3,8-9,14-15H2. The van der Waals surface area contributed by atoms with Gasteiger partial charge in [0.1, 0.15) is 7.14 Å². The maximum absolute atomic E-state index is 14.0. The predicted molar refractivity (Wildman–Crippen MR) is 86.6 cm³/mol. The number of benzene rings is 2. The molecule has 1 saturated carbocycles. The zero-order chi connectivity index (χ0) is 13.8. The predicted octanol–water partition coefficient (Wildman–Crippen LogP) is 4.33. The molecule has 2 heteroatoms. The maximum atomic E-state index is 14.0. The van der Waals surface area contributed by atoms with Crippen molar-refractivity contribution in [2.24, 2.45) is 0 Å². The van der Waals surface area contributed by atoms with Gasteiger partial charge in [-0.3, -0.25) is 0 Å². The highest BCUT2D eigenvalue weighted by molar-refractivity contribution is 7.79. The third-order valence-corrected chi connectivity index (χ3v) is 8.04. The summed E-state index contributed by atoms with van der Waals surface area (Å²) >= 11 is 0. The summed E-state index contributed by atoms with van der Waals surface area (Å²) in [6, 6.07) is 20.2. The maximum Gasteiger partial charge on any atom is 0.146 e. The summed E-state index contributed by atoms with van der Waals surface area (Å²) in [6.45, 7) is 0. The van der Waals surface area contributed by atoms with Gasteiger partial charge < -0.3 is 4.57 Å². The lowest BCUT2D eigenvalue weighted by atomic mass is 10.0. The molecule has 1 fully saturated rings. The molecule has 0 aromatic heterocycles. The second kappa shape index (κ2) is 5.97. The fourth-order valence-corrected chi connectivity index (χ4v) is 6.78. The van der Waals surface area contributed by atoms with Crippen LogP contribution >= 0.6 is 7.14 Å². The minimum Gasteiger partial charge on any atom is -0.313 e. The van der Waals surface area contributed by atoms with Gasteiger partial charge in [0, 0.05) is 16.3 Å². The molecule has 1 aliphatic rings. The summed E-state index contributed by atoms with van der Waals surface area (Å²) in [7, 11) is -2.50. The molecule has 0 atom stereocenters. The van der Waals surface area contributed by atoms with Crippen LogP contribution in [-0.2, 0) is 4.57 Å². The number of hydrogen-bond acceptors (Lipinski definition) is 1. The van der Waals surface area contributed by atoms with Gasteiger partial charge in [-0.25, -0.2) is 0 Å². The molecular weight excluding hydrogens is 263 g/mol. The molecule has 0 radical (unpaired) electrons. The van der Waals surface area contributed by atoms with Gasteiger partial charge in [-0.1, -0.05) is 79.9 Å². The Bertz CT molecular complexity index is 542. The van der Waals surface area contributed by atoms with Crippen LogP contribution in [0.1, 0.15) is 32.1 Å². The summed E-state index contributed by atoms with van der Waals surface area (Å²) in [5.41, 5.74) is 0.320. The lowest BCUT2D eigenvalue weighted by molar-refractivity contribution is 0.490. The Balaban J connectivity index is 2.10. The van der Waals surface area contributed by atoms with Crippen molar-refractivity contribution in [2.75, 3.05) is 0 Å². The van der Waals surface area contributed by atoms with Crippen LogP contribution in [-0.4, -0.2) is 5.66 Å². The molecule has 0 heterocycles. The highest BCUT2D eigenvalue weighted by atomic mass is 31.2. The van der Waals surface area contributed by atoms with E-state index in [0.29, 0.717) is 5.66 Å². The van der Waals surface area contributed by atoms with Gasteiger partial charge in [-0.2, -0.15) is 0 Å². The fourth-order valence-electron chi connectivity index (χ4n) is 3.31. The molecule has 0 aliphatic heterocycles. The van der Waals surface area contributed by atoms with E-state index in [1.807, 2.05) is 60.7 Å². The van der Waals surface area contributed by atoms with E-state index >= 15 is 0 Å². The summed E-state index contributed by atoms with van der Waals surface area (Å²) in [5, 5.41) is 2.05. The minimum atomic E-state index is -2.50. The van der Waals surface area contributed by atoms with E-state index in [1.54, 1.807) is 0 Å². The third kappa shape index (κ3) is 2.47. The first-order valence-corrected chi connectivity index (χ1v) is 9.30. The molecular formula is C18H21OP. The smallest absolute Gasteiger partial charge is 0.146 e. The molecule has 0 spiro atoms. The van der Waals surface area contributed by atoms with Crippen molar-refractivity contribution >= 4 is 17.8 Å². The Morgan fingerprint density at radius 2 is 1.15 bits per heavy atom. The van der Waals surface area contributed by atoms with Gasteiger partial charge in [-0.05, 0) is 12.8 Å². The van der Waals surface area contributed by atoms with Crippen LogP contribution in [0.5, 0.6) is 0 Å². The quantitative estimate of drug-likeness (QED) is 0.767. The van der Waals surface area contributed by atoms with Crippen molar-refractivity contribution in [1.29, 1.82) is 0 Å². The summed E-state index contributed by atoms with van der Waals surface area (Å²) < 4.78 is 14.0. The summed E-state index contributed by atoms with van der Waals surface area (Å²) in [4.78, 5) is 0. The Morgan fingerprint density at radius 1 is 0.700 bits per heavy atom. The fraction of sp³-hybridized carbons (Fsp3) is 0.333. The first-order chi connectivity index (χ1) is 9.82. The molecule has 2 aromatic carbocycles. The zero-order valence-electron chi connectivity index (χ0n) is 11.7. The van der Waals surface area contributed by atoms with Crippen molar-refractivity contribution in [2.45, 2.75) is 37.8 Å². The average molecular weight is 284 g/mol. The van der Waals surface area contributed by atoms with E-state index < -0.39 is 7.14 Å². The topological polar surface area (TPSA) is 17.1 Å². The molecule has 2 aromatic rings. The Kier molecular flexibility index (Phi) is 4.08. The lowest BCUT2D eigenvalue weighted by Gasteiger charge is -2.31. The number of hydrogen-bond donors (Lipinski definition) is 0. The van der Waals surface area contributed by atoms with Gasteiger partial charge >= 0.3 is 0 Å². The van der Waals surface area contributed by atoms with E-state index in [9.17, 15) is 4.57 Å². The van der Waals surface area contributed by atoms with Gasteiger partial charge in [0.05, 0.1) is 0 Å². The van der Waals surface area contributed by atoms with Crippen LogP contribution in [0.3, 0.4) is 0 Å². The molecule has 104 valence electrons. The van der Waals surface area contributed by atoms with Crippen molar-refractivity contribution in [3.63, 3.8) is 0 Å². The average Bonchev–Trinajstić information content (AvgIpc) is 2.56. The van der Waals surface area contributed by atoms with Crippen molar-refractivity contribution in [1.82, 2.24) is 0 Å². The highest BCUT2D eigenvalue weighted by Gasteiger charge is 2.36. The summed E-state index contributed by atoms with van der Waals surface area (Å²) in [6.07, 6.45) is 5.92. The van der Waals surface area contributed by atoms with Crippen LogP contribution < -0.4 is 10.6 Å². The van der Waals surface area contributed by atoms with Crippen LogP contribution in [0, 0.1) is 0 Å². The van der Waals surface area contributed by atoms with Crippen molar-refractivity contribution in [3.05, 3.63) is 60.7 Å². The van der Waals surface area contributed by atoms with Gasteiger partial charge in [0.15, 0.2) is 0 Å². The molecule has 0 saturated heterocycles. The van der Waals surface area contributed by atoms with E-state index in [-0.39, 0.29) is 0 Å². The minimum absolute atomic E-state index is 0.320. The van der Waals surface area contributed by atoms with Crippen LogP contribution in [0.4, 0.5) is 0 Å². The lowest BCUT2D eigenvalue weighted by Crippen LogP contribution is -2.27. The molecule has 0 bridgehead atoms. The molecule has 0 unspecified atom stereocenters. The van der Waals surface area contributed by atoms with E-state index in [2.05, 4.69) is 0 Å². The monoisotopic (exact) mass is 284 g/mol. The molecule has 3 rings (SSSR count). The molecule has 1 nitrogen and oxygen atoms in total. The second-order valence-electron chi connectivity index (χ2n) is 5.62.